The quantitative estimate of drug-likeness (QED) is 0.810. The molecule has 2 aliphatic rings. The number of nitrogens with one attached hydrogen (secondary N) is 1. The number of hydrogen-bond acceptors (Lipinski definition) is 2. The lowest BCUT2D eigenvalue weighted by Gasteiger charge is -2.31. The fourth-order valence-corrected chi connectivity index (χ4v) is 3.61. The highest BCUT2D eigenvalue weighted by molar-refractivity contribution is 5.79. The number of amides is 1. The Hall–Kier alpha value is -0.570. The van der Waals surface area contributed by atoms with E-state index in [0.29, 0.717) is 11.8 Å². The Kier molecular flexibility index (Phi) is 4.66. The van der Waals surface area contributed by atoms with Crippen molar-refractivity contribution >= 4 is 5.91 Å². The van der Waals surface area contributed by atoms with Crippen LogP contribution in [0.3, 0.4) is 0 Å². The van der Waals surface area contributed by atoms with Gasteiger partial charge >= 0.3 is 0 Å². The lowest BCUT2D eigenvalue weighted by atomic mass is 9.77. The molecule has 0 saturated heterocycles. The number of rotatable bonds is 3. The number of nitrogens with two attached hydrogens (primary N) is 1. The van der Waals surface area contributed by atoms with Crippen LogP contribution in [0.5, 0.6) is 0 Å². The zero-order valence-corrected chi connectivity index (χ0v) is 11.8. The highest BCUT2D eigenvalue weighted by atomic mass is 16.1. The smallest absolute Gasteiger partial charge is 0.223 e. The van der Waals surface area contributed by atoms with Crippen LogP contribution in [0.15, 0.2) is 0 Å². The maximum Gasteiger partial charge on any atom is 0.223 e. The van der Waals surface area contributed by atoms with E-state index in [2.05, 4.69) is 19.2 Å². The molecule has 3 N–H and O–H groups in total. The molecule has 0 aromatic heterocycles. The summed E-state index contributed by atoms with van der Waals surface area (Å²) in [5.41, 5.74) is 5.98. The van der Waals surface area contributed by atoms with Crippen LogP contribution >= 0.6 is 0 Å². The van der Waals surface area contributed by atoms with E-state index in [-0.39, 0.29) is 17.9 Å². The van der Waals surface area contributed by atoms with Crippen LogP contribution in [-0.2, 0) is 4.79 Å². The second-order valence-corrected chi connectivity index (χ2v) is 6.69. The van der Waals surface area contributed by atoms with Gasteiger partial charge in [-0.2, -0.15) is 0 Å². The van der Waals surface area contributed by atoms with Crippen molar-refractivity contribution in [2.24, 2.45) is 29.4 Å². The van der Waals surface area contributed by atoms with Crippen molar-refractivity contribution in [3.8, 4) is 0 Å². The van der Waals surface area contributed by atoms with Gasteiger partial charge in [-0.05, 0) is 49.9 Å². The molecule has 0 radical (unpaired) electrons. The van der Waals surface area contributed by atoms with E-state index in [4.69, 9.17) is 5.73 Å². The SMILES string of the molecule is CC1CCC(CNC(=O)C2CC(N)CCC2C)C1. The molecule has 2 fully saturated rings. The predicted molar refractivity (Wildman–Crippen MR) is 74.0 cm³/mol. The van der Waals surface area contributed by atoms with Crippen LogP contribution < -0.4 is 11.1 Å². The summed E-state index contributed by atoms with van der Waals surface area (Å²) >= 11 is 0. The summed E-state index contributed by atoms with van der Waals surface area (Å²) in [4.78, 5) is 12.2. The Morgan fingerprint density at radius 2 is 1.94 bits per heavy atom. The lowest BCUT2D eigenvalue weighted by molar-refractivity contribution is -0.127. The molecule has 5 unspecified atom stereocenters. The molecule has 104 valence electrons. The van der Waals surface area contributed by atoms with Crippen molar-refractivity contribution in [3.63, 3.8) is 0 Å². The second kappa shape index (κ2) is 6.05. The molecule has 2 aliphatic carbocycles. The zero-order valence-electron chi connectivity index (χ0n) is 11.8. The highest BCUT2D eigenvalue weighted by Crippen LogP contribution is 2.31. The number of hydrogen-bond donors (Lipinski definition) is 2. The maximum absolute atomic E-state index is 12.2. The van der Waals surface area contributed by atoms with E-state index in [1.54, 1.807) is 0 Å². The third-order valence-electron chi connectivity index (χ3n) is 4.94. The summed E-state index contributed by atoms with van der Waals surface area (Å²) in [5.74, 6) is 2.43. The minimum Gasteiger partial charge on any atom is -0.356 e. The van der Waals surface area contributed by atoms with Gasteiger partial charge in [-0.25, -0.2) is 0 Å². The van der Waals surface area contributed by atoms with Gasteiger partial charge < -0.3 is 11.1 Å². The normalized spacial score (nSPS) is 40.7. The topological polar surface area (TPSA) is 55.1 Å². The highest BCUT2D eigenvalue weighted by Gasteiger charge is 2.31. The standard InChI is InChI=1S/C15H28N2O/c1-10-3-5-12(7-10)9-17-15(18)14-8-13(16)6-4-11(14)2/h10-14H,3-9,16H2,1-2H3,(H,17,18). The van der Waals surface area contributed by atoms with Crippen molar-refractivity contribution in [1.82, 2.24) is 5.32 Å². The Bertz CT molecular complexity index is 292. The Morgan fingerprint density at radius 3 is 2.61 bits per heavy atom. The van der Waals surface area contributed by atoms with Crippen molar-refractivity contribution in [2.45, 2.75) is 58.4 Å². The van der Waals surface area contributed by atoms with Crippen LogP contribution in [0.2, 0.25) is 0 Å². The van der Waals surface area contributed by atoms with E-state index in [1.807, 2.05) is 0 Å². The largest absolute Gasteiger partial charge is 0.356 e. The molecule has 0 bridgehead atoms. The monoisotopic (exact) mass is 252 g/mol. The molecule has 1 amide bonds. The molecule has 0 aromatic rings. The van der Waals surface area contributed by atoms with Crippen LogP contribution in [0.4, 0.5) is 0 Å². The van der Waals surface area contributed by atoms with Crippen molar-refractivity contribution < 1.29 is 4.79 Å². The molecule has 2 saturated carbocycles. The van der Waals surface area contributed by atoms with Gasteiger partial charge in [0.05, 0.1) is 0 Å². The molecule has 0 spiro atoms. The van der Waals surface area contributed by atoms with E-state index in [9.17, 15) is 4.79 Å². The maximum atomic E-state index is 12.2. The summed E-state index contributed by atoms with van der Waals surface area (Å²) in [6.45, 7) is 5.37. The third kappa shape index (κ3) is 3.47. The first-order valence-electron chi connectivity index (χ1n) is 7.59. The van der Waals surface area contributed by atoms with Crippen LogP contribution in [0.25, 0.3) is 0 Å². The minimum atomic E-state index is 0.146. The number of carbonyl (C=O) groups excluding carboxylic acids is 1. The van der Waals surface area contributed by atoms with E-state index < -0.39 is 0 Å². The lowest BCUT2D eigenvalue weighted by Crippen LogP contribution is -2.42. The Balaban J connectivity index is 1.76. The van der Waals surface area contributed by atoms with Crippen molar-refractivity contribution in [3.05, 3.63) is 0 Å². The van der Waals surface area contributed by atoms with Crippen LogP contribution in [0.1, 0.15) is 52.4 Å². The van der Waals surface area contributed by atoms with E-state index >= 15 is 0 Å². The molecule has 0 aliphatic heterocycles. The molecule has 0 heterocycles. The fraction of sp³-hybridized carbons (Fsp3) is 0.933. The van der Waals surface area contributed by atoms with Gasteiger partial charge in [0.15, 0.2) is 0 Å². The minimum absolute atomic E-state index is 0.146. The summed E-state index contributed by atoms with van der Waals surface area (Å²) in [6.07, 6.45) is 6.92. The van der Waals surface area contributed by atoms with Gasteiger partial charge in [0.1, 0.15) is 0 Å². The Morgan fingerprint density at radius 1 is 1.17 bits per heavy atom. The molecule has 5 atom stereocenters. The molecule has 2 rings (SSSR count). The summed E-state index contributed by atoms with van der Waals surface area (Å²) in [6, 6.07) is 0.225. The van der Waals surface area contributed by atoms with Gasteiger partial charge in [-0.1, -0.05) is 20.3 Å². The van der Waals surface area contributed by atoms with Gasteiger partial charge in [0.2, 0.25) is 5.91 Å². The van der Waals surface area contributed by atoms with Crippen molar-refractivity contribution in [2.75, 3.05) is 6.54 Å². The second-order valence-electron chi connectivity index (χ2n) is 6.69. The van der Waals surface area contributed by atoms with E-state index in [1.165, 1.54) is 19.3 Å². The van der Waals surface area contributed by atoms with Gasteiger partial charge in [0, 0.05) is 18.5 Å². The summed E-state index contributed by atoms with van der Waals surface area (Å²) < 4.78 is 0. The van der Waals surface area contributed by atoms with Gasteiger partial charge in [-0.15, -0.1) is 0 Å². The average Bonchev–Trinajstić information content (AvgIpc) is 2.75. The Labute approximate surface area is 111 Å². The van der Waals surface area contributed by atoms with Crippen molar-refractivity contribution in [1.29, 1.82) is 0 Å². The first-order valence-corrected chi connectivity index (χ1v) is 7.59. The first kappa shape index (κ1) is 13.9. The summed E-state index contributed by atoms with van der Waals surface area (Å²) in [5, 5.41) is 3.17. The molecule has 3 nitrogen and oxygen atoms in total. The van der Waals surface area contributed by atoms with E-state index in [0.717, 1.165) is 31.7 Å². The first-order chi connectivity index (χ1) is 8.56. The zero-order chi connectivity index (χ0) is 13.1. The number of carbonyl (C=O) groups is 1. The summed E-state index contributed by atoms with van der Waals surface area (Å²) in [7, 11) is 0. The third-order valence-corrected chi connectivity index (χ3v) is 4.94. The van der Waals surface area contributed by atoms with Crippen LogP contribution in [-0.4, -0.2) is 18.5 Å². The molecule has 3 heteroatoms. The molecular weight excluding hydrogens is 224 g/mol. The average molecular weight is 252 g/mol. The molecule has 18 heavy (non-hydrogen) atoms. The van der Waals surface area contributed by atoms with Crippen LogP contribution in [0, 0.1) is 23.7 Å². The predicted octanol–water partition coefficient (Wildman–Crippen LogP) is 2.30. The molecular formula is C15H28N2O. The fourth-order valence-electron chi connectivity index (χ4n) is 3.61. The van der Waals surface area contributed by atoms with Gasteiger partial charge in [0.25, 0.3) is 0 Å². The van der Waals surface area contributed by atoms with Gasteiger partial charge in [-0.3, -0.25) is 4.79 Å². The molecule has 0 aromatic carbocycles.